The summed E-state index contributed by atoms with van der Waals surface area (Å²) in [6.45, 7) is 3.56. The Hall–Kier alpha value is -1.11. The Morgan fingerprint density at radius 3 is 1.82 bits per heavy atom. The summed E-state index contributed by atoms with van der Waals surface area (Å²) in [6, 6.07) is -3.89. The fraction of sp³-hybridized carbons (Fsp3) is 0.750. The molecule has 28 heavy (non-hydrogen) atoms. The zero-order valence-corrected chi connectivity index (χ0v) is 18.8. The van der Waals surface area contributed by atoms with Crippen LogP contribution in [0.1, 0.15) is 20.3 Å². The molecule has 9 nitrogen and oxygen atoms in total. The van der Waals surface area contributed by atoms with Crippen molar-refractivity contribution in [2.75, 3.05) is 23.5 Å². The molecule has 6 N–H and O–H groups in total. The van der Waals surface area contributed by atoms with Gasteiger partial charge in [-0.15, -0.1) is 0 Å². The summed E-state index contributed by atoms with van der Waals surface area (Å²) in [5, 5.41) is 16.5. The first-order chi connectivity index (χ1) is 13.1. The van der Waals surface area contributed by atoms with Gasteiger partial charge in [-0.2, -0.15) is 37.0 Å². The van der Waals surface area contributed by atoms with Crippen molar-refractivity contribution in [1.82, 2.24) is 16.0 Å². The van der Waals surface area contributed by atoms with Gasteiger partial charge in [-0.25, -0.2) is 4.79 Å². The van der Waals surface area contributed by atoms with Crippen LogP contribution < -0.4 is 21.7 Å². The van der Waals surface area contributed by atoms with E-state index in [1.807, 2.05) is 6.26 Å². The van der Waals surface area contributed by atoms with Crippen LogP contribution in [0.2, 0.25) is 0 Å². The highest BCUT2D eigenvalue weighted by Gasteiger charge is 2.29. The molecule has 12 heteroatoms. The Labute approximate surface area is 180 Å². The molecular formula is C16H30N4O5S3. The van der Waals surface area contributed by atoms with Crippen molar-refractivity contribution in [3.8, 4) is 0 Å². The maximum atomic E-state index is 12.5. The number of aliphatic carboxylic acids is 1. The van der Waals surface area contributed by atoms with Crippen molar-refractivity contribution in [3.05, 3.63) is 0 Å². The summed E-state index contributed by atoms with van der Waals surface area (Å²) in [5.41, 5.74) is 5.78. The molecule has 4 atom stereocenters. The normalized spacial score (nSPS) is 15.2. The van der Waals surface area contributed by atoms with Crippen molar-refractivity contribution in [2.45, 2.75) is 44.4 Å². The maximum absolute atomic E-state index is 12.5. The van der Waals surface area contributed by atoms with Crippen molar-refractivity contribution in [1.29, 1.82) is 0 Å². The van der Waals surface area contributed by atoms with Crippen LogP contribution in [-0.4, -0.2) is 76.5 Å². The van der Waals surface area contributed by atoms with Crippen molar-refractivity contribution in [2.24, 2.45) is 11.7 Å². The zero-order chi connectivity index (χ0) is 21.9. The lowest BCUT2D eigenvalue weighted by Crippen LogP contribution is -2.58. The second kappa shape index (κ2) is 14.0. The fourth-order valence-corrected chi connectivity index (χ4v) is 2.98. The number of rotatable bonds is 13. The lowest BCUT2D eigenvalue weighted by atomic mass is 10.0. The summed E-state index contributed by atoms with van der Waals surface area (Å²) in [6.07, 6.45) is 2.13. The molecule has 0 heterocycles. The summed E-state index contributed by atoms with van der Waals surface area (Å²) in [7, 11) is 0. The summed E-state index contributed by atoms with van der Waals surface area (Å²) >= 11 is 9.46. The molecule has 0 aliphatic heterocycles. The number of nitrogens with two attached hydrogens (primary N) is 1. The molecule has 0 radical (unpaired) electrons. The number of carbonyl (C=O) groups is 4. The fourth-order valence-electron chi connectivity index (χ4n) is 2.00. The third kappa shape index (κ3) is 9.39. The highest BCUT2D eigenvalue weighted by molar-refractivity contribution is 7.98. The number of carboxylic acid groups (broad SMARTS) is 1. The SMILES string of the molecule is CSCCC(NC(=O)C(CS)NC(=O)C(N)C(C)C)C(=O)NC(CS)C(=O)O. The van der Waals surface area contributed by atoms with Crippen LogP contribution in [0.4, 0.5) is 0 Å². The number of thiol groups is 2. The Balaban J connectivity index is 5.12. The van der Waals surface area contributed by atoms with E-state index in [1.165, 1.54) is 11.8 Å². The number of carbonyl (C=O) groups excluding carboxylic acids is 3. The molecular weight excluding hydrogens is 424 g/mol. The predicted octanol–water partition coefficient (Wildman–Crippen LogP) is -0.879. The van der Waals surface area contributed by atoms with Gasteiger partial charge < -0.3 is 26.8 Å². The highest BCUT2D eigenvalue weighted by Crippen LogP contribution is 2.04. The number of hydrogen-bond donors (Lipinski definition) is 7. The van der Waals surface area contributed by atoms with Gasteiger partial charge >= 0.3 is 5.97 Å². The Bertz CT molecular complexity index is 550. The monoisotopic (exact) mass is 454 g/mol. The zero-order valence-electron chi connectivity index (χ0n) is 16.2. The van der Waals surface area contributed by atoms with Gasteiger partial charge in [0.25, 0.3) is 0 Å². The molecule has 3 amide bonds. The second-order valence-corrected chi connectivity index (χ2v) is 8.15. The Morgan fingerprint density at radius 2 is 1.39 bits per heavy atom. The molecule has 0 aromatic rings. The van der Waals surface area contributed by atoms with E-state index in [0.717, 1.165) is 0 Å². The van der Waals surface area contributed by atoms with Crippen LogP contribution in [0.5, 0.6) is 0 Å². The van der Waals surface area contributed by atoms with Gasteiger partial charge in [-0.1, -0.05) is 13.8 Å². The topological polar surface area (TPSA) is 151 Å². The van der Waals surface area contributed by atoms with Crippen LogP contribution >= 0.6 is 37.0 Å². The van der Waals surface area contributed by atoms with Gasteiger partial charge in [-0.05, 0) is 24.3 Å². The molecule has 0 spiro atoms. The third-order valence-corrected chi connectivity index (χ3v) is 5.25. The van der Waals surface area contributed by atoms with Crippen LogP contribution in [0.3, 0.4) is 0 Å². The van der Waals surface area contributed by atoms with Gasteiger partial charge in [0.05, 0.1) is 6.04 Å². The minimum Gasteiger partial charge on any atom is -0.480 e. The molecule has 0 fully saturated rings. The van der Waals surface area contributed by atoms with E-state index in [0.29, 0.717) is 5.75 Å². The molecule has 0 saturated carbocycles. The number of thioether (sulfide) groups is 1. The number of carboxylic acids is 1. The van der Waals surface area contributed by atoms with Crippen LogP contribution in [-0.2, 0) is 19.2 Å². The lowest BCUT2D eigenvalue weighted by Gasteiger charge is -2.24. The molecule has 0 rings (SSSR count). The molecule has 0 bridgehead atoms. The first-order valence-electron chi connectivity index (χ1n) is 8.69. The van der Waals surface area contributed by atoms with Crippen LogP contribution in [0.15, 0.2) is 0 Å². The first kappa shape index (κ1) is 26.9. The number of nitrogens with one attached hydrogen (secondary N) is 3. The Kier molecular flexibility index (Phi) is 13.4. The van der Waals surface area contributed by atoms with E-state index in [2.05, 4.69) is 41.2 Å². The molecule has 0 aromatic carbocycles. The van der Waals surface area contributed by atoms with Gasteiger partial charge in [-0.3, -0.25) is 14.4 Å². The van der Waals surface area contributed by atoms with E-state index in [1.54, 1.807) is 13.8 Å². The van der Waals surface area contributed by atoms with E-state index in [-0.39, 0.29) is 23.8 Å². The van der Waals surface area contributed by atoms with Gasteiger partial charge in [0.15, 0.2) is 0 Å². The largest absolute Gasteiger partial charge is 0.480 e. The van der Waals surface area contributed by atoms with Crippen LogP contribution in [0, 0.1) is 5.92 Å². The van der Waals surface area contributed by atoms with E-state index < -0.39 is 47.9 Å². The minimum atomic E-state index is -1.22. The van der Waals surface area contributed by atoms with E-state index in [9.17, 15) is 19.2 Å². The maximum Gasteiger partial charge on any atom is 0.327 e. The lowest BCUT2D eigenvalue weighted by molar-refractivity contribution is -0.141. The van der Waals surface area contributed by atoms with Crippen LogP contribution in [0.25, 0.3) is 0 Å². The minimum absolute atomic E-state index is 0.00759. The predicted molar refractivity (Wildman–Crippen MR) is 117 cm³/mol. The Morgan fingerprint density at radius 1 is 0.929 bits per heavy atom. The molecule has 0 aromatic heterocycles. The average molecular weight is 455 g/mol. The first-order valence-corrected chi connectivity index (χ1v) is 11.3. The quantitative estimate of drug-likeness (QED) is 0.179. The van der Waals surface area contributed by atoms with Crippen molar-refractivity contribution >= 4 is 60.7 Å². The van der Waals surface area contributed by atoms with Gasteiger partial charge in [0.1, 0.15) is 18.1 Å². The average Bonchev–Trinajstić information content (AvgIpc) is 2.65. The van der Waals surface area contributed by atoms with Crippen molar-refractivity contribution in [3.63, 3.8) is 0 Å². The second-order valence-electron chi connectivity index (χ2n) is 6.44. The van der Waals surface area contributed by atoms with Gasteiger partial charge in [0.2, 0.25) is 17.7 Å². The summed E-state index contributed by atoms with van der Waals surface area (Å²) < 4.78 is 0. The summed E-state index contributed by atoms with van der Waals surface area (Å²) in [4.78, 5) is 48.2. The van der Waals surface area contributed by atoms with Gasteiger partial charge in [0, 0.05) is 11.5 Å². The molecule has 0 aliphatic carbocycles. The molecule has 162 valence electrons. The summed E-state index contributed by atoms with van der Waals surface area (Å²) in [5.74, 6) is -2.58. The van der Waals surface area contributed by atoms with E-state index in [4.69, 9.17) is 10.8 Å². The van der Waals surface area contributed by atoms with E-state index >= 15 is 0 Å². The highest BCUT2D eigenvalue weighted by atomic mass is 32.2. The standard InChI is InChI=1S/C16H30N4O5S3/c1-8(2)12(17)15(23)19-10(6-26)14(22)18-9(4-5-28-3)13(21)20-11(7-27)16(24)25/h8-12,26-27H,4-7,17H2,1-3H3,(H,18,22)(H,19,23)(H,20,21)(H,24,25). The smallest absolute Gasteiger partial charge is 0.327 e. The van der Waals surface area contributed by atoms with Crippen molar-refractivity contribution < 1.29 is 24.3 Å². The number of hydrogen-bond acceptors (Lipinski definition) is 8. The third-order valence-electron chi connectivity index (χ3n) is 3.88. The molecule has 4 unspecified atom stereocenters. The molecule has 0 aliphatic rings. The molecule has 0 saturated heterocycles. The number of amides is 3.